The second kappa shape index (κ2) is 9.18. The predicted molar refractivity (Wildman–Crippen MR) is 129 cm³/mol. The summed E-state index contributed by atoms with van der Waals surface area (Å²) in [6, 6.07) is 10.9. The molecule has 0 radical (unpaired) electrons. The summed E-state index contributed by atoms with van der Waals surface area (Å²) < 4.78 is 1.18. The predicted octanol–water partition coefficient (Wildman–Crippen LogP) is 4.05. The van der Waals surface area contributed by atoms with Crippen LogP contribution in [0, 0.1) is 10.1 Å². The Morgan fingerprint density at radius 1 is 1.09 bits per heavy atom. The van der Waals surface area contributed by atoms with Crippen molar-refractivity contribution in [2.24, 2.45) is 4.99 Å². The van der Waals surface area contributed by atoms with Gasteiger partial charge >= 0.3 is 0 Å². The van der Waals surface area contributed by atoms with Gasteiger partial charge in [-0.2, -0.15) is 0 Å². The number of hydrogen-bond acceptors (Lipinski definition) is 7. The van der Waals surface area contributed by atoms with Crippen LogP contribution in [0.25, 0.3) is 10.9 Å². The molecule has 1 aromatic heterocycles. The number of Topliss-reactive ketones (excluding diaryl/α,β-unsaturated/α-hetero) is 1. The van der Waals surface area contributed by atoms with Crippen LogP contribution in [-0.4, -0.2) is 63.1 Å². The van der Waals surface area contributed by atoms with Crippen molar-refractivity contribution in [3.63, 3.8) is 0 Å². The standard InChI is InChI=1S/C25H26N4O5/c1-15(30)17-7-8-22-21(14-17)23(25(32)28(22)16(2)31)24(26-19-9-11-27(3)12-10-19)18-5-4-6-20(13-18)29(33)34/h4-8,13-14,19,32H,9-12H2,1-3H3. The SMILES string of the molecule is CC(=O)c1ccc2c(c1)c(C(=NC1CCN(C)CC1)c1cccc([N+](=O)[O-])c1)c(O)n2C(C)=O. The molecule has 0 amide bonds. The molecule has 2 heterocycles. The highest BCUT2D eigenvalue weighted by atomic mass is 16.6. The molecule has 0 bridgehead atoms. The quantitative estimate of drug-likeness (QED) is 0.264. The van der Waals surface area contributed by atoms with Crippen molar-refractivity contribution in [2.75, 3.05) is 20.1 Å². The average molecular weight is 463 g/mol. The third kappa shape index (κ3) is 4.34. The maximum absolute atomic E-state index is 12.4. The van der Waals surface area contributed by atoms with Crippen molar-refractivity contribution >= 4 is 34.0 Å². The van der Waals surface area contributed by atoms with E-state index in [1.165, 1.54) is 30.5 Å². The fourth-order valence-electron chi connectivity index (χ4n) is 4.41. The minimum Gasteiger partial charge on any atom is -0.494 e. The van der Waals surface area contributed by atoms with Gasteiger partial charge in [-0.25, -0.2) is 0 Å². The summed E-state index contributed by atoms with van der Waals surface area (Å²) in [6.45, 7) is 4.48. The largest absolute Gasteiger partial charge is 0.494 e. The summed E-state index contributed by atoms with van der Waals surface area (Å²) in [5, 5.41) is 23.2. The van der Waals surface area contributed by atoms with Crippen molar-refractivity contribution in [1.82, 2.24) is 9.47 Å². The topological polar surface area (TPSA) is 118 Å². The number of ketones is 1. The molecule has 1 fully saturated rings. The number of non-ortho nitro benzene ring substituents is 1. The van der Waals surface area contributed by atoms with Gasteiger partial charge in [0, 0.05) is 35.6 Å². The number of nitrogens with zero attached hydrogens (tertiary/aromatic N) is 4. The Kier molecular flexibility index (Phi) is 6.30. The molecule has 0 atom stereocenters. The van der Waals surface area contributed by atoms with Crippen molar-refractivity contribution < 1.29 is 19.6 Å². The van der Waals surface area contributed by atoms with Crippen LogP contribution in [0.2, 0.25) is 0 Å². The Bertz CT molecular complexity index is 1330. The van der Waals surface area contributed by atoms with Crippen LogP contribution in [0.1, 0.15) is 53.0 Å². The highest BCUT2D eigenvalue weighted by Crippen LogP contribution is 2.35. The molecule has 9 nitrogen and oxygen atoms in total. The molecule has 1 aliphatic rings. The molecule has 1 saturated heterocycles. The molecule has 34 heavy (non-hydrogen) atoms. The van der Waals surface area contributed by atoms with Crippen molar-refractivity contribution in [2.45, 2.75) is 32.7 Å². The van der Waals surface area contributed by atoms with Gasteiger partial charge in [-0.15, -0.1) is 0 Å². The number of nitro benzene ring substituents is 1. The number of aromatic nitrogens is 1. The molecular formula is C25H26N4O5. The Labute approximate surface area is 196 Å². The monoisotopic (exact) mass is 462 g/mol. The zero-order chi connectivity index (χ0) is 24.6. The normalized spacial score (nSPS) is 15.6. The molecule has 9 heteroatoms. The van der Waals surface area contributed by atoms with E-state index in [0.717, 1.165) is 25.9 Å². The first kappa shape index (κ1) is 23.3. The zero-order valence-electron chi connectivity index (χ0n) is 19.3. The number of carbonyl (C=O) groups excluding carboxylic acids is 2. The van der Waals surface area contributed by atoms with E-state index in [0.29, 0.717) is 27.7 Å². The third-order valence-corrected chi connectivity index (χ3v) is 6.23. The Morgan fingerprint density at radius 3 is 2.41 bits per heavy atom. The molecule has 2 aromatic carbocycles. The summed E-state index contributed by atoms with van der Waals surface area (Å²) in [6.07, 6.45) is 1.58. The molecule has 1 N–H and O–H groups in total. The molecule has 0 spiro atoms. The van der Waals surface area contributed by atoms with Crippen molar-refractivity contribution in [3.05, 3.63) is 69.3 Å². The van der Waals surface area contributed by atoms with Gasteiger partial charge in [0.15, 0.2) is 5.78 Å². The van der Waals surface area contributed by atoms with E-state index in [2.05, 4.69) is 4.90 Å². The van der Waals surface area contributed by atoms with E-state index < -0.39 is 10.8 Å². The van der Waals surface area contributed by atoms with Crippen LogP contribution in [-0.2, 0) is 0 Å². The second-order valence-corrected chi connectivity index (χ2v) is 8.66. The van der Waals surface area contributed by atoms with E-state index >= 15 is 0 Å². The Morgan fingerprint density at radius 2 is 1.79 bits per heavy atom. The first-order valence-corrected chi connectivity index (χ1v) is 11.1. The lowest BCUT2D eigenvalue weighted by molar-refractivity contribution is -0.384. The van der Waals surface area contributed by atoms with Gasteiger partial charge in [-0.05, 0) is 58.1 Å². The number of nitro groups is 1. The highest BCUT2D eigenvalue weighted by Gasteiger charge is 2.27. The van der Waals surface area contributed by atoms with Gasteiger partial charge in [0.1, 0.15) is 0 Å². The minimum absolute atomic E-state index is 0.0587. The number of carbonyl (C=O) groups is 2. The van der Waals surface area contributed by atoms with Crippen LogP contribution in [0.15, 0.2) is 47.5 Å². The number of fused-ring (bicyclic) bond motifs is 1. The fourth-order valence-corrected chi connectivity index (χ4v) is 4.41. The lowest BCUT2D eigenvalue weighted by Gasteiger charge is -2.27. The van der Waals surface area contributed by atoms with E-state index in [9.17, 15) is 24.8 Å². The summed E-state index contributed by atoms with van der Waals surface area (Å²) in [4.78, 5) is 42.7. The summed E-state index contributed by atoms with van der Waals surface area (Å²) in [5.74, 6) is -0.865. The molecule has 0 unspecified atom stereocenters. The molecular weight excluding hydrogens is 436 g/mol. The Hall–Kier alpha value is -3.85. The van der Waals surface area contributed by atoms with E-state index in [-0.39, 0.29) is 29.0 Å². The molecule has 1 aliphatic heterocycles. The van der Waals surface area contributed by atoms with E-state index in [1.54, 1.807) is 30.3 Å². The second-order valence-electron chi connectivity index (χ2n) is 8.66. The van der Waals surface area contributed by atoms with E-state index in [4.69, 9.17) is 4.99 Å². The van der Waals surface area contributed by atoms with Crippen molar-refractivity contribution in [3.8, 4) is 5.88 Å². The molecule has 3 aromatic rings. The average Bonchev–Trinajstić information content (AvgIpc) is 3.09. The number of piperidine rings is 1. The minimum atomic E-state index is -0.483. The van der Waals surface area contributed by atoms with Crippen LogP contribution in [0.3, 0.4) is 0 Å². The maximum Gasteiger partial charge on any atom is 0.270 e. The van der Waals surface area contributed by atoms with Crippen LogP contribution in [0.5, 0.6) is 5.88 Å². The molecule has 0 saturated carbocycles. The number of benzene rings is 2. The van der Waals surface area contributed by atoms with Gasteiger partial charge < -0.3 is 10.0 Å². The molecule has 0 aliphatic carbocycles. The number of likely N-dealkylation sites (tertiary alicyclic amines) is 1. The van der Waals surface area contributed by atoms with Crippen molar-refractivity contribution in [1.29, 1.82) is 0 Å². The lowest BCUT2D eigenvalue weighted by atomic mass is 9.97. The van der Waals surface area contributed by atoms with Gasteiger partial charge in [0.25, 0.3) is 5.69 Å². The summed E-state index contributed by atoms with van der Waals surface area (Å²) in [5.41, 5.74) is 1.86. The summed E-state index contributed by atoms with van der Waals surface area (Å²) >= 11 is 0. The maximum atomic E-state index is 12.4. The number of aromatic hydroxyl groups is 1. The molecule has 4 rings (SSSR count). The van der Waals surface area contributed by atoms with Crippen LogP contribution >= 0.6 is 0 Å². The highest BCUT2D eigenvalue weighted by molar-refractivity contribution is 6.23. The fraction of sp³-hybridized carbons (Fsp3) is 0.320. The first-order chi connectivity index (χ1) is 16.2. The van der Waals surface area contributed by atoms with Gasteiger partial charge in [-0.3, -0.25) is 29.3 Å². The number of rotatable bonds is 5. The lowest BCUT2D eigenvalue weighted by Crippen LogP contribution is -2.32. The number of aliphatic imine (C=N–C) groups is 1. The van der Waals surface area contributed by atoms with E-state index in [1.807, 2.05) is 7.05 Å². The smallest absolute Gasteiger partial charge is 0.270 e. The van der Waals surface area contributed by atoms with Crippen LogP contribution < -0.4 is 0 Å². The summed E-state index contributed by atoms with van der Waals surface area (Å²) in [7, 11) is 2.04. The molecule has 176 valence electrons. The van der Waals surface area contributed by atoms with Gasteiger partial charge in [0.2, 0.25) is 11.8 Å². The first-order valence-electron chi connectivity index (χ1n) is 11.1. The van der Waals surface area contributed by atoms with Gasteiger partial charge in [-0.1, -0.05) is 12.1 Å². The number of hydrogen-bond donors (Lipinski definition) is 1. The zero-order valence-corrected chi connectivity index (χ0v) is 19.3. The van der Waals surface area contributed by atoms with Gasteiger partial charge in [0.05, 0.1) is 27.8 Å². The third-order valence-electron chi connectivity index (χ3n) is 6.23. The Balaban J connectivity index is 2.02. The van der Waals surface area contributed by atoms with Crippen LogP contribution in [0.4, 0.5) is 5.69 Å².